The third-order valence-corrected chi connectivity index (χ3v) is 4.57. The van der Waals surface area contributed by atoms with Crippen LogP contribution in [-0.2, 0) is 12.7 Å². The molecule has 2 N–H and O–H groups in total. The number of benzene rings is 2. The minimum Gasteiger partial charge on any atom is -0.326 e. The molecule has 0 aliphatic rings. The van der Waals surface area contributed by atoms with Gasteiger partial charge in [-0.3, -0.25) is 4.79 Å². The van der Waals surface area contributed by atoms with Gasteiger partial charge in [-0.25, -0.2) is 9.36 Å². The van der Waals surface area contributed by atoms with Crippen LogP contribution in [0, 0.1) is 0 Å². The standard InChI is InChI=1S/C21H16F3N5O/c22-21(23,24)15-5-3-6-16(12-15)28-11-9-19(30)20(27-28)18-8-10-26-29(18)17-7-2-1-4-14(17)13-25/h1-12H,13,25H2. The first-order valence-electron chi connectivity index (χ1n) is 8.99. The van der Waals surface area contributed by atoms with Gasteiger partial charge < -0.3 is 5.73 Å². The van der Waals surface area contributed by atoms with Crippen molar-refractivity contribution in [2.24, 2.45) is 5.73 Å². The second-order valence-corrected chi connectivity index (χ2v) is 6.48. The molecule has 0 aliphatic heterocycles. The molecule has 6 nitrogen and oxygen atoms in total. The van der Waals surface area contributed by atoms with Gasteiger partial charge in [0, 0.05) is 18.8 Å². The van der Waals surface area contributed by atoms with Crippen LogP contribution in [0.4, 0.5) is 13.2 Å². The van der Waals surface area contributed by atoms with Gasteiger partial charge in [-0.1, -0.05) is 24.3 Å². The minimum atomic E-state index is -4.48. The van der Waals surface area contributed by atoms with Crippen molar-refractivity contribution in [2.75, 3.05) is 0 Å². The van der Waals surface area contributed by atoms with Crippen LogP contribution in [0.15, 0.2) is 77.9 Å². The van der Waals surface area contributed by atoms with Gasteiger partial charge in [0.2, 0.25) is 5.43 Å². The first kappa shape index (κ1) is 19.6. The Balaban J connectivity index is 1.84. The Bertz CT molecular complexity index is 1260. The van der Waals surface area contributed by atoms with Crippen LogP contribution in [0.5, 0.6) is 0 Å². The maximum atomic E-state index is 13.1. The Kier molecular flexibility index (Phi) is 4.96. The highest BCUT2D eigenvalue weighted by atomic mass is 19.4. The first-order chi connectivity index (χ1) is 14.4. The van der Waals surface area contributed by atoms with Crippen molar-refractivity contribution in [1.82, 2.24) is 19.6 Å². The van der Waals surface area contributed by atoms with Gasteiger partial charge in [0.15, 0.2) is 5.69 Å². The summed E-state index contributed by atoms with van der Waals surface area (Å²) in [4.78, 5) is 12.5. The van der Waals surface area contributed by atoms with Crippen molar-refractivity contribution < 1.29 is 13.2 Å². The Morgan fingerprint density at radius 2 is 1.80 bits per heavy atom. The molecule has 4 rings (SSSR count). The predicted octanol–water partition coefficient (Wildman–Crippen LogP) is 3.56. The lowest BCUT2D eigenvalue weighted by Gasteiger charge is -2.13. The summed E-state index contributed by atoms with van der Waals surface area (Å²) >= 11 is 0. The van der Waals surface area contributed by atoms with Gasteiger partial charge in [-0.15, -0.1) is 0 Å². The van der Waals surface area contributed by atoms with Crippen molar-refractivity contribution >= 4 is 0 Å². The van der Waals surface area contributed by atoms with E-state index < -0.39 is 11.7 Å². The van der Waals surface area contributed by atoms with Gasteiger partial charge in [0.25, 0.3) is 0 Å². The highest BCUT2D eigenvalue weighted by Gasteiger charge is 2.30. The molecule has 4 aromatic rings. The smallest absolute Gasteiger partial charge is 0.326 e. The van der Waals surface area contributed by atoms with Crippen molar-refractivity contribution in [1.29, 1.82) is 0 Å². The number of nitrogens with two attached hydrogens (primary N) is 1. The number of hydrogen-bond donors (Lipinski definition) is 1. The Morgan fingerprint density at radius 1 is 1.00 bits per heavy atom. The number of nitrogens with zero attached hydrogens (tertiary/aromatic N) is 4. The summed E-state index contributed by atoms with van der Waals surface area (Å²) in [6, 6.07) is 14.9. The monoisotopic (exact) mass is 411 g/mol. The summed E-state index contributed by atoms with van der Waals surface area (Å²) in [5.74, 6) is 0. The van der Waals surface area contributed by atoms with Crippen LogP contribution >= 0.6 is 0 Å². The van der Waals surface area contributed by atoms with E-state index in [0.29, 0.717) is 11.4 Å². The fourth-order valence-electron chi connectivity index (χ4n) is 3.12. The Labute approximate surface area is 169 Å². The molecule has 0 atom stereocenters. The summed E-state index contributed by atoms with van der Waals surface area (Å²) < 4.78 is 42.0. The third-order valence-electron chi connectivity index (χ3n) is 4.57. The number of para-hydroxylation sites is 1. The summed E-state index contributed by atoms with van der Waals surface area (Å²) in [7, 11) is 0. The molecule has 0 unspecified atom stereocenters. The highest BCUT2D eigenvalue weighted by Crippen LogP contribution is 2.30. The van der Waals surface area contributed by atoms with Crippen molar-refractivity contribution in [2.45, 2.75) is 12.7 Å². The largest absolute Gasteiger partial charge is 0.416 e. The topological polar surface area (TPSA) is 78.7 Å². The van der Waals surface area contributed by atoms with Gasteiger partial charge >= 0.3 is 6.18 Å². The van der Waals surface area contributed by atoms with E-state index in [1.54, 1.807) is 10.7 Å². The number of rotatable bonds is 4. The quantitative estimate of drug-likeness (QED) is 0.557. The van der Waals surface area contributed by atoms with E-state index in [0.717, 1.165) is 17.7 Å². The zero-order valence-electron chi connectivity index (χ0n) is 15.5. The van der Waals surface area contributed by atoms with Crippen LogP contribution in [0.3, 0.4) is 0 Å². The molecule has 2 aromatic heterocycles. The molecular weight excluding hydrogens is 395 g/mol. The molecule has 9 heteroatoms. The molecule has 0 spiro atoms. The molecule has 0 radical (unpaired) electrons. The lowest BCUT2D eigenvalue weighted by molar-refractivity contribution is -0.137. The molecule has 0 aliphatic carbocycles. The summed E-state index contributed by atoms with van der Waals surface area (Å²) in [5, 5.41) is 8.58. The average molecular weight is 411 g/mol. The molecule has 2 heterocycles. The van der Waals surface area contributed by atoms with Crippen LogP contribution in [0.2, 0.25) is 0 Å². The number of alkyl halides is 3. The van der Waals surface area contributed by atoms with E-state index in [1.165, 1.54) is 35.3 Å². The molecule has 0 bridgehead atoms. The Hall–Kier alpha value is -3.72. The van der Waals surface area contributed by atoms with Crippen LogP contribution in [-0.4, -0.2) is 19.6 Å². The summed E-state index contributed by atoms with van der Waals surface area (Å²) in [6.45, 7) is 0.270. The van der Waals surface area contributed by atoms with Crippen LogP contribution < -0.4 is 11.2 Å². The van der Waals surface area contributed by atoms with Gasteiger partial charge in [0.1, 0.15) is 0 Å². The highest BCUT2D eigenvalue weighted by molar-refractivity contribution is 5.58. The first-order valence-corrected chi connectivity index (χ1v) is 8.99. The fourth-order valence-corrected chi connectivity index (χ4v) is 3.12. The van der Waals surface area contributed by atoms with Crippen LogP contribution in [0.1, 0.15) is 11.1 Å². The van der Waals surface area contributed by atoms with E-state index >= 15 is 0 Å². The normalized spacial score (nSPS) is 11.6. The second kappa shape index (κ2) is 7.60. The maximum Gasteiger partial charge on any atom is 0.416 e. The lowest BCUT2D eigenvalue weighted by Crippen LogP contribution is -2.16. The molecular formula is C21H16F3N5O. The summed E-state index contributed by atoms with van der Waals surface area (Å²) in [5.41, 5.74) is 6.77. The molecule has 0 saturated carbocycles. The van der Waals surface area contributed by atoms with Gasteiger partial charge in [-0.05, 0) is 35.9 Å². The zero-order valence-corrected chi connectivity index (χ0v) is 15.5. The number of aromatic nitrogens is 4. The second-order valence-electron chi connectivity index (χ2n) is 6.48. The molecule has 30 heavy (non-hydrogen) atoms. The van der Waals surface area contributed by atoms with E-state index in [1.807, 2.05) is 24.3 Å². The SMILES string of the molecule is NCc1ccccc1-n1nccc1-c1nn(-c2cccc(C(F)(F)F)c2)ccc1=O. The minimum absolute atomic E-state index is 0.0548. The molecule has 0 fully saturated rings. The number of hydrogen-bond acceptors (Lipinski definition) is 4. The molecule has 152 valence electrons. The molecule has 0 amide bonds. The van der Waals surface area contributed by atoms with Crippen molar-refractivity contribution in [3.8, 4) is 22.8 Å². The maximum absolute atomic E-state index is 13.1. The number of halogens is 3. The van der Waals surface area contributed by atoms with Crippen molar-refractivity contribution in [3.05, 3.63) is 94.4 Å². The Morgan fingerprint density at radius 3 is 2.57 bits per heavy atom. The fraction of sp³-hybridized carbons (Fsp3) is 0.0952. The lowest BCUT2D eigenvalue weighted by atomic mass is 10.1. The zero-order chi connectivity index (χ0) is 21.3. The predicted molar refractivity (Wildman–Crippen MR) is 105 cm³/mol. The van der Waals surface area contributed by atoms with Gasteiger partial charge in [0.05, 0.1) is 28.8 Å². The van der Waals surface area contributed by atoms with E-state index in [4.69, 9.17) is 5.73 Å². The average Bonchev–Trinajstić information content (AvgIpc) is 3.23. The summed E-state index contributed by atoms with van der Waals surface area (Å²) in [6.07, 6.45) is -1.64. The molecule has 0 saturated heterocycles. The van der Waals surface area contributed by atoms with Crippen LogP contribution in [0.25, 0.3) is 22.8 Å². The van der Waals surface area contributed by atoms with Crippen molar-refractivity contribution in [3.63, 3.8) is 0 Å². The van der Waals surface area contributed by atoms with Gasteiger partial charge in [-0.2, -0.15) is 23.4 Å². The third kappa shape index (κ3) is 3.62. The van der Waals surface area contributed by atoms with E-state index in [-0.39, 0.29) is 23.4 Å². The molecule has 2 aromatic carbocycles. The van der Waals surface area contributed by atoms with E-state index in [9.17, 15) is 18.0 Å². The van der Waals surface area contributed by atoms with E-state index in [2.05, 4.69) is 10.2 Å².